The zero-order valence-corrected chi connectivity index (χ0v) is 11.7. The van der Waals surface area contributed by atoms with E-state index in [1.165, 1.54) is 24.1 Å². The Kier molecular flexibility index (Phi) is 4.53. The Balaban J connectivity index is 2.19. The molecule has 0 aromatic carbocycles. The van der Waals surface area contributed by atoms with E-state index in [-0.39, 0.29) is 0 Å². The van der Waals surface area contributed by atoms with E-state index in [9.17, 15) is 0 Å². The summed E-state index contributed by atoms with van der Waals surface area (Å²) in [6.07, 6.45) is 4.33. The highest BCUT2D eigenvalue weighted by Gasteiger charge is 2.16. The van der Waals surface area contributed by atoms with Crippen LogP contribution in [0, 0.1) is 6.92 Å². The highest BCUT2D eigenvalue weighted by atomic mass is 15.1. The van der Waals surface area contributed by atoms with Gasteiger partial charge in [0.25, 0.3) is 0 Å². The minimum atomic E-state index is 0.502. The first-order valence-electron chi connectivity index (χ1n) is 7.08. The Bertz CT molecular complexity index is 397. The molecule has 1 aromatic rings. The fourth-order valence-corrected chi connectivity index (χ4v) is 2.43. The van der Waals surface area contributed by atoms with Gasteiger partial charge < -0.3 is 10.6 Å². The molecule has 0 amide bonds. The third-order valence-corrected chi connectivity index (χ3v) is 3.58. The summed E-state index contributed by atoms with van der Waals surface area (Å²) >= 11 is 0. The molecule has 1 unspecified atom stereocenters. The van der Waals surface area contributed by atoms with Crippen LogP contribution in [0.15, 0.2) is 0 Å². The summed E-state index contributed by atoms with van der Waals surface area (Å²) in [5, 5.41) is 7.01. The van der Waals surface area contributed by atoms with Crippen LogP contribution >= 0.6 is 0 Å². The van der Waals surface area contributed by atoms with Crippen LogP contribution < -0.4 is 10.6 Å². The SMILES string of the molecule is CCc1nc(CC)c(C)c(NC2CCCNC2)n1. The zero-order chi connectivity index (χ0) is 13.0. The van der Waals surface area contributed by atoms with Gasteiger partial charge in [-0.3, -0.25) is 0 Å². The largest absolute Gasteiger partial charge is 0.366 e. The van der Waals surface area contributed by atoms with Gasteiger partial charge in [0, 0.05) is 30.3 Å². The van der Waals surface area contributed by atoms with Gasteiger partial charge in [-0.25, -0.2) is 9.97 Å². The Morgan fingerprint density at radius 1 is 1.28 bits per heavy atom. The van der Waals surface area contributed by atoms with E-state index in [1.807, 2.05) is 0 Å². The second-order valence-corrected chi connectivity index (χ2v) is 4.95. The maximum Gasteiger partial charge on any atom is 0.133 e. The second-order valence-electron chi connectivity index (χ2n) is 4.95. The van der Waals surface area contributed by atoms with E-state index in [2.05, 4.69) is 41.4 Å². The van der Waals surface area contributed by atoms with Gasteiger partial charge in [-0.15, -0.1) is 0 Å². The van der Waals surface area contributed by atoms with Crippen LogP contribution in [0.4, 0.5) is 5.82 Å². The number of piperidine rings is 1. The quantitative estimate of drug-likeness (QED) is 0.856. The van der Waals surface area contributed by atoms with Gasteiger partial charge in [0.2, 0.25) is 0 Å². The van der Waals surface area contributed by atoms with Crippen LogP contribution in [-0.4, -0.2) is 29.1 Å². The van der Waals surface area contributed by atoms with Crippen molar-refractivity contribution in [1.82, 2.24) is 15.3 Å². The van der Waals surface area contributed by atoms with Crippen molar-refractivity contribution < 1.29 is 0 Å². The lowest BCUT2D eigenvalue weighted by molar-refractivity contribution is 0.478. The smallest absolute Gasteiger partial charge is 0.133 e. The molecule has 18 heavy (non-hydrogen) atoms. The van der Waals surface area contributed by atoms with Crippen molar-refractivity contribution in [2.24, 2.45) is 0 Å². The van der Waals surface area contributed by atoms with Crippen LogP contribution in [0.3, 0.4) is 0 Å². The maximum absolute atomic E-state index is 4.64. The van der Waals surface area contributed by atoms with Crippen molar-refractivity contribution in [1.29, 1.82) is 0 Å². The molecule has 1 fully saturated rings. The molecule has 1 aliphatic heterocycles. The summed E-state index contributed by atoms with van der Waals surface area (Å²) in [6.45, 7) is 8.56. The van der Waals surface area contributed by atoms with Crippen molar-refractivity contribution in [3.05, 3.63) is 17.1 Å². The molecule has 0 bridgehead atoms. The van der Waals surface area contributed by atoms with Crippen LogP contribution in [0.1, 0.15) is 43.8 Å². The molecule has 0 aliphatic carbocycles. The van der Waals surface area contributed by atoms with Gasteiger partial charge in [0.15, 0.2) is 0 Å². The van der Waals surface area contributed by atoms with Gasteiger partial charge in [-0.05, 0) is 32.7 Å². The molecule has 0 spiro atoms. The van der Waals surface area contributed by atoms with Gasteiger partial charge in [0.05, 0.1) is 0 Å². The molecule has 1 aromatic heterocycles. The average Bonchev–Trinajstić information content (AvgIpc) is 2.42. The minimum Gasteiger partial charge on any atom is -0.366 e. The fourth-order valence-electron chi connectivity index (χ4n) is 2.43. The fraction of sp³-hybridized carbons (Fsp3) is 0.714. The molecular formula is C14H24N4. The summed E-state index contributed by atoms with van der Waals surface area (Å²) in [5.41, 5.74) is 2.38. The van der Waals surface area contributed by atoms with Crippen molar-refractivity contribution in [2.45, 2.75) is 52.5 Å². The predicted octanol–water partition coefficient (Wildman–Crippen LogP) is 2.07. The summed E-state index contributed by atoms with van der Waals surface area (Å²) in [4.78, 5) is 9.24. The first-order chi connectivity index (χ1) is 8.74. The molecule has 1 saturated heterocycles. The molecule has 1 atom stereocenters. The normalized spacial score (nSPS) is 19.8. The molecule has 0 radical (unpaired) electrons. The van der Waals surface area contributed by atoms with E-state index >= 15 is 0 Å². The Morgan fingerprint density at radius 2 is 2.11 bits per heavy atom. The van der Waals surface area contributed by atoms with Crippen LogP contribution in [0.25, 0.3) is 0 Å². The number of nitrogens with one attached hydrogen (secondary N) is 2. The molecule has 2 N–H and O–H groups in total. The number of hydrogen-bond donors (Lipinski definition) is 2. The summed E-state index contributed by atoms with van der Waals surface area (Å²) in [7, 11) is 0. The Labute approximate surface area is 110 Å². The summed E-state index contributed by atoms with van der Waals surface area (Å²) in [5.74, 6) is 1.98. The lowest BCUT2D eigenvalue weighted by Crippen LogP contribution is -2.38. The standard InChI is InChI=1S/C14H24N4/c1-4-12-10(3)14(18-13(5-2)17-12)16-11-7-6-8-15-9-11/h11,15H,4-9H2,1-3H3,(H,16,17,18). The van der Waals surface area contributed by atoms with Crippen molar-refractivity contribution in [3.8, 4) is 0 Å². The van der Waals surface area contributed by atoms with E-state index < -0.39 is 0 Å². The lowest BCUT2D eigenvalue weighted by atomic mass is 10.1. The minimum absolute atomic E-state index is 0.502. The van der Waals surface area contributed by atoms with Gasteiger partial charge in [0.1, 0.15) is 11.6 Å². The highest BCUT2D eigenvalue weighted by Crippen LogP contribution is 2.19. The Morgan fingerprint density at radius 3 is 2.72 bits per heavy atom. The molecule has 4 heteroatoms. The first kappa shape index (κ1) is 13.3. The maximum atomic E-state index is 4.64. The zero-order valence-electron chi connectivity index (χ0n) is 11.7. The van der Waals surface area contributed by atoms with Crippen molar-refractivity contribution >= 4 is 5.82 Å². The van der Waals surface area contributed by atoms with E-state index in [0.717, 1.165) is 37.6 Å². The van der Waals surface area contributed by atoms with E-state index in [0.29, 0.717) is 6.04 Å². The number of aryl methyl sites for hydroxylation is 2. The first-order valence-corrected chi connectivity index (χ1v) is 7.08. The summed E-state index contributed by atoms with van der Waals surface area (Å²) < 4.78 is 0. The topological polar surface area (TPSA) is 49.8 Å². The lowest BCUT2D eigenvalue weighted by Gasteiger charge is -2.25. The number of anilines is 1. The third kappa shape index (κ3) is 2.99. The third-order valence-electron chi connectivity index (χ3n) is 3.58. The molecule has 1 aliphatic rings. The number of rotatable bonds is 4. The second kappa shape index (κ2) is 6.14. The van der Waals surface area contributed by atoms with Crippen LogP contribution in [-0.2, 0) is 12.8 Å². The van der Waals surface area contributed by atoms with E-state index in [4.69, 9.17) is 0 Å². The molecule has 100 valence electrons. The van der Waals surface area contributed by atoms with Gasteiger partial charge >= 0.3 is 0 Å². The molecule has 2 rings (SSSR count). The predicted molar refractivity (Wildman–Crippen MR) is 75.0 cm³/mol. The molecular weight excluding hydrogens is 224 g/mol. The monoisotopic (exact) mass is 248 g/mol. The van der Waals surface area contributed by atoms with Crippen molar-refractivity contribution in [2.75, 3.05) is 18.4 Å². The molecule has 2 heterocycles. The van der Waals surface area contributed by atoms with Gasteiger partial charge in [-0.1, -0.05) is 13.8 Å². The van der Waals surface area contributed by atoms with E-state index in [1.54, 1.807) is 0 Å². The van der Waals surface area contributed by atoms with Crippen LogP contribution in [0.2, 0.25) is 0 Å². The Hall–Kier alpha value is -1.16. The number of hydrogen-bond acceptors (Lipinski definition) is 4. The number of nitrogens with zero attached hydrogens (tertiary/aromatic N) is 2. The van der Waals surface area contributed by atoms with Crippen molar-refractivity contribution in [3.63, 3.8) is 0 Å². The van der Waals surface area contributed by atoms with Gasteiger partial charge in [-0.2, -0.15) is 0 Å². The number of aromatic nitrogens is 2. The summed E-state index contributed by atoms with van der Waals surface area (Å²) in [6, 6.07) is 0.502. The highest BCUT2D eigenvalue weighted by molar-refractivity contribution is 5.46. The molecule has 4 nitrogen and oxygen atoms in total. The van der Waals surface area contributed by atoms with Crippen LogP contribution in [0.5, 0.6) is 0 Å². The molecule has 0 saturated carbocycles. The average molecular weight is 248 g/mol.